The third-order valence-corrected chi connectivity index (χ3v) is 3.76. The molecule has 1 aliphatic rings. The molecule has 1 fully saturated rings. The highest BCUT2D eigenvalue weighted by Crippen LogP contribution is 2.24. The van der Waals surface area contributed by atoms with E-state index < -0.39 is 0 Å². The van der Waals surface area contributed by atoms with Crippen molar-refractivity contribution in [1.82, 2.24) is 9.88 Å². The van der Waals surface area contributed by atoms with Gasteiger partial charge in [0.05, 0.1) is 0 Å². The van der Waals surface area contributed by atoms with Gasteiger partial charge in [0.1, 0.15) is 11.5 Å². The summed E-state index contributed by atoms with van der Waals surface area (Å²) in [5.74, 6) is 1.62. The van der Waals surface area contributed by atoms with Crippen LogP contribution < -0.4 is 5.73 Å². The van der Waals surface area contributed by atoms with Crippen LogP contribution >= 0.6 is 0 Å². The molecule has 98 valence electrons. The molecule has 0 radical (unpaired) electrons. The first-order valence-corrected chi connectivity index (χ1v) is 6.58. The fraction of sp³-hybridized carbons (Fsp3) is 0.571. The smallest absolute Gasteiger partial charge is 0.141 e. The molecule has 1 saturated heterocycles. The fourth-order valence-corrected chi connectivity index (χ4v) is 2.53. The molecule has 1 atom stereocenters. The highest BCUT2D eigenvalue weighted by atomic mass is 15.1. The summed E-state index contributed by atoms with van der Waals surface area (Å²) >= 11 is 0. The average Bonchev–Trinajstić information content (AvgIpc) is 2.78. The van der Waals surface area contributed by atoms with Crippen LogP contribution in [0.2, 0.25) is 0 Å². The maximum absolute atomic E-state index is 7.41. The van der Waals surface area contributed by atoms with Gasteiger partial charge in [-0.15, -0.1) is 0 Å². The summed E-state index contributed by atoms with van der Waals surface area (Å²) in [6, 6.07) is 3.93. The third kappa shape index (κ3) is 3.07. The summed E-state index contributed by atoms with van der Waals surface area (Å²) in [5, 5.41) is 7.41. The van der Waals surface area contributed by atoms with Gasteiger partial charge < -0.3 is 5.73 Å². The average molecular weight is 246 g/mol. The van der Waals surface area contributed by atoms with E-state index in [2.05, 4.69) is 23.7 Å². The number of hydrogen-bond acceptors (Lipinski definition) is 3. The lowest BCUT2D eigenvalue weighted by molar-refractivity contribution is 0.297. The first-order valence-electron chi connectivity index (χ1n) is 6.58. The van der Waals surface area contributed by atoms with Crippen molar-refractivity contribution in [3.05, 3.63) is 29.6 Å². The molecule has 4 nitrogen and oxygen atoms in total. The Hall–Kier alpha value is -1.42. The standard InChI is InChI=1S/C14H22N4/c1-10(2)12-4-6-18(9-12)8-11-3-5-17-13(7-11)14(15)16/h3,5,7,10,12H,4,6,8-9H2,1-2H3,(H3,15,16). The summed E-state index contributed by atoms with van der Waals surface area (Å²) in [5.41, 5.74) is 7.23. The second kappa shape index (κ2) is 5.48. The minimum absolute atomic E-state index is 0.0401. The van der Waals surface area contributed by atoms with Gasteiger partial charge in [0, 0.05) is 19.3 Å². The number of nitrogens with zero attached hydrogens (tertiary/aromatic N) is 2. The van der Waals surface area contributed by atoms with E-state index >= 15 is 0 Å². The maximum atomic E-state index is 7.41. The van der Waals surface area contributed by atoms with E-state index in [0.717, 1.165) is 18.4 Å². The quantitative estimate of drug-likeness (QED) is 0.629. The maximum Gasteiger partial charge on any atom is 0.141 e. The molecule has 0 bridgehead atoms. The van der Waals surface area contributed by atoms with Gasteiger partial charge in [-0.25, -0.2) is 0 Å². The molecule has 18 heavy (non-hydrogen) atoms. The minimum Gasteiger partial charge on any atom is -0.382 e. The van der Waals surface area contributed by atoms with Crippen LogP contribution in [0.15, 0.2) is 18.3 Å². The van der Waals surface area contributed by atoms with E-state index in [4.69, 9.17) is 11.1 Å². The Kier molecular flexibility index (Phi) is 3.97. The van der Waals surface area contributed by atoms with Gasteiger partial charge in [-0.3, -0.25) is 15.3 Å². The number of amidine groups is 1. The number of nitrogens with two attached hydrogens (primary N) is 1. The van der Waals surface area contributed by atoms with Crippen LogP contribution in [0.3, 0.4) is 0 Å². The molecule has 1 unspecified atom stereocenters. The molecule has 1 aliphatic heterocycles. The molecule has 1 aromatic rings. The molecule has 1 aromatic heterocycles. The van der Waals surface area contributed by atoms with E-state index in [1.807, 2.05) is 12.1 Å². The van der Waals surface area contributed by atoms with E-state index in [1.165, 1.54) is 25.1 Å². The van der Waals surface area contributed by atoms with E-state index in [-0.39, 0.29) is 5.84 Å². The highest BCUT2D eigenvalue weighted by Gasteiger charge is 2.24. The molecule has 0 aromatic carbocycles. The van der Waals surface area contributed by atoms with Gasteiger partial charge in [0.15, 0.2) is 0 Å². The molecular formula is C14H22N4. The van der Waals surface area contributed by atoms with Crippen molar-refractivity contribution in [2.45, 2.75) is 26.8 Å². The van der Waals surface area contributed by atoms with Crippen molar-refractivity contribution in [2.75, 3.05) is 13.1 Å². The zero-order valence-electron chi connectivity index (χ0n) is 11.2. The largest absolute Gasteiger partial charge is 0.382 e. The lowest BCUT2D eigenvalue weighted by atomic mass is 9.95. The molecule has 0 aliphatic carbocycles. The number of hydrogen-bond donors (Lipinski definition) is 2. The minimum atomic E-state index is 0.0401. The lowest BCUT2D eigenvalue weighted by Crippen LogP contribution is -2.22. The van der Waals surface area contributed by atoms with Crippen molar-refractivity contribution < 1.29 is 0 Å². The van der Waals surface area contributed by atoms with Gasteiger partial charge in [0.2, 0.25) is 0 Å². The van der Waals surface area contributed by atoms with E-state index in [9.17, 15) is 0 Å². The van der Waals surface area contributed by atoms with Gasteiger partial charge in [-0.1, -0.05) is 13.8 Å². The van der Waals surface area contributed by atoms with E-state index in [1.54, 1.807) is 6.20 Å². The molecule has 3 N–H and O–H groups in total. The number of nitrogen functional groups attached to an aromatic ring is 1. The Morgan fingerprint density at radius 2 is 2.39 bits per heavy atom. The van der Waals surface area contributed by atoms with Crippen molar-refractivity contribution >= 4 is 5.84 Å². The normalized spacial score (nSPS) is 20.5. The second-order valence-electron chi connectivity index (χ2n) is 5.49. The van der Waals surface area contributed by atoms with Crippen LogP contribution in [-0.4, -0.2) is 28.8 Å². The van der Waals surface area contributed by atoms with Crippen molar-refractivity contribution in [2.24, 2.45) is 17.6 Å². The zero-order valence-corrected chi connectivity index (χ0v) is 11.2. The fourth-order valence-electron chi connectivity index (χ4n) is 2.53. The SMILES string of the molecule is CC(C)C1CCN(Cc2ccnc(C(=N)N)c2)C1. The van der Waals surface area contributed by atoms with Gasteiger partial charge in [-0.05, 0) is 42.5 Å². The summed E-state index contributed by atoms with van der Waals surface area (Å²) in [6.45, 7) is 7.88. The zero-order chi connectivity index (χ0) is 13.1. The van der Waals surface area contributed by atoms with Crippen molar-refractivity contribution in [3.8, 4) is 0 Å². The Morgan fingerprint density at radius 1 is 1.61 bits per heavy atom. The van der Waals surface area contributed by atoms with Crippen molar-refractivity contribution in [1.29, 1.82) is 5.41 Å². The first-order chi connectivity index (χ1) is 8.56. The molecule has 0 amide bonds. The second-order valence-corrected chi connectivity index (χ2v) is 5.49. The number of likely N-dealkylation sites (tertiary alicyclic amines) is 1. The van der Waals surface area contributed by atoms with Gasteiger partial charge in [0.25, 0.3) is 0 Å². The van der Waals surface area contributed by atoms with Crippen LogP contribution in [0, 0.1) is 17.2 Å². The Balaban J connectivity index is 1.98. The Bertz CT molecular complexity index is 428. The molecule has 2 heterocycles. The molecule has 4 heteroatoms. The van der Waals surface area contributed by atoms with Crippen LogP contribution in [0.4, 0.5) is 0 Å². The number of pyridine rings is 1. The summed E-state index contributed by atoms with van der Waals surface area (Å²) in [7, 11) is 0. The summed E-state index contributed by atoms with van der Waals surface area (Å²) < 4.78 is 0. The summed E-state index contributed by atoms with van der Waals surface area (Å²) in [6.07, 6.45) is 3.03. The van der Waals surface area contributed by atoms with Crippen LogP contribution in [-0.2, 0) is 6.54 Å². The molecular weight excluding hydrogens is 224 g/mol. The van der Waals surface area contributed by atoms with Gasteiger partial charge in [-0.2, -0.15) is 0 Å². The van der Waals surface area contributed by atoms with Gasteiger partial charge >= 0.3 is 0 Å². The van der Waals surface area contributed by atoms with Crippen LogP contribution in [0.5, 0.6) is 0 Å². The Morgan fingerprint density at radius 3 is 3.00 bits per heavy atom. The lowest BCUT2D eigenvalue weighted by Gasteiger charge is -2.18. The number of aromatic nitrogens is 1. The molecule has 2 rings (SSSR count). The highest BCUT2D eigenvalue weighted by molar-refractivity contribution is 5.93. The number of nitrogens with one attached hydrogen (secondary N) is 1. The van der Waals surface area contributed by atoms with Crippen molar-refractivity contribution in [3.63, 3.8) is 0 Å². The molecule has 0 saturated carbocycles. The summed E-state index contributed by atoms with van der Waals surface area (Å²) in [4.78, 5) is 6.56. The molecule has 0 spiro atoms. The monoisotopic (exact) mass is 246 g/mol. The number of rotatable bonds is 4. The topological polar surface area (TPSA) is 66.0 Å². The van der Waals surface area contributed by atoms with E-state index in [0.29, 0.717) is 5.69 Å². The predicted molar refractivity (Wildman–Crippen MR) is 73.5 cm³/mol. The Labute approximate surface area is 109 Å². The predicted octanol–water partition coefficient (Wildman–Crippen LogP) is 1.84. The first kappa shape index (κ1) is 13.0. The third-order valence-electron chi connectivity index (χ3n) is 3.76. The van der Waals surface area contributed by atoms with Crippen LogP contribution in [0.25, 0.3) is 0 Å². The van der Waals surface area contributed by atoms with Crippen LogP contribution in [0.1, 0.15) is 31.5 Å².